The first-order valence-electron chi connectivity index (χ1n) is 7.53. The maximum absolute atomic E-state index is 4.13. The standard InChI is InChI=1S/C16H24N4S/c1-4-6-13-7-9-14(10-8-13)15(17-5-2)11-21-16-19-18-12-20(16)3/h7-10,12,15,17H,4-6,11H2,1-3H3. The van der Waals surface area contributed by atoms with Gasteiger partial charge < -0.3 is 9.88 Å². The van der Waals surface area contributed by atoms with Crippen LogP contribution < -0.4 is 5.32 Å². The Balaban J connectivity index is 2.02. The lowest BCUT2D eigenvalue weighted by atomic mass is 10.0. The molecule has 0 bridgehead atoms. The first-order valence-corrected chi connectivity index (χ1v) is 8.52. The highest BCUT2D eigenvalue weighted by Crippen LogP contribution is 2.23. The predicted molar refractivity (Wildman–Crippen MR) is 88.6 cm³/mol. The Labute approximate surface area is 131 Å². The second kappa shape index (κ2) is 8.20. The molecule has 0 saturated carbocycles. The van der Waals surface area contributed by atoms with Crippen molar-refractivity contribution in [3.05, 3.63) is 41.7 Å². The summed E-state index contributed by atoms with van der Waals surface area (Å²) in [5, 5.41) is 12.6. The second-order valence-corrected chi connectivity index (χ2v) is 6.12. The normalized spacial score (nSPS) is 12.5. The van der Waals surface area contributed by atoms with Crippen LogP contribution in [0.3, 0.4) is 0 Å². The second-order valence-electron chi connectivity index (χ2n) is 5.14. The summed E-state index contributed by atoms with van der Waals surface area (Å²) in [5.74, 6) is 0.952. The van der Waals surface area contributed by atoms with E-state index in [1.54, 1.807) is 18.1 Å². The summed E-state index contributed by atoms with van der Waals surface area (Å²) < 4.78 is 1.96. The Kier molecular flexibility index (Phi) is 6.26. The molecular weight excluding hydrogens is 280 g/mol. The molecule has 1 aromatic heterocycles. The molecule has 0 fully saturated rings. The summed E-state index contributed by atoms with van der Waals surface area (Å²) in [4.78, 5) is 0. The predicted octanol–water partition coefficient (Wildman–Crippen LogP) is 3.21. The van der Waals surface area contributed by atoms with Crippen molar-refractivity contribution in [3.8, 4) is 0 Å². The topological polar surface area (TPSA) is 42.7 Å². The van der Waals surface area contributed by atoms with Crippen LogP contribution in [-0.2, 0) is 13.5 Å². The monoisotopic (exact) mass is 304 g/mol. The van der Waals surface area contributed by atoms with E-state index in [4.69, 9.17) is 0 Å². The molecular formula is C16H24N4S. The first kappa shape index (κ1) is 16.0. The van der Waals surface area contributed by atoms with Crippen LogP contribution in [0.2, 0.25) is 0 Å². The highest BCUT2D eigenvalue weighted by molar-refractivity contribution is 7.99. The molecule has 1 aromatic carbocycles. The van der Waals surface area contributed by atoms with E-state index in [0.717, 1.165) is 23.9 Å². The van der Waals surface area contributed by atoms with Gasteiger partial charge in [-0.05, 0) is 24.1 Å². The molecule has 1 N–H and O–H groups in total. The van der Waals surface area contributed by atoms with Gasteiger partial charge in [0.15, 0.2) is 5.16 Å². The van der Waals surface area contributed by atoms with Crippen molar-refractivity contribution in [2.45, 2.75) is 37.9 Å². The molecule has 21 heavy (non-hydrogen) atoms. The molecule has 0 aliphatic carbocycles. The smallest absolute Gasteiger partial charge is 0.190 e. The summed E-state index contributed by atoms with van der Waals surface area (Å²) in [6, 6.07) is 9.32. The number of nitrogens with one attached hydrogen (secondary N) is 1. The summed E-state index contributed by atoms with van der Waals surface area (Å²) >= 11 is 1.74. The van der Waals surface area contributed by atoms with Gasteiger partial charge in [-0.1, -0.05) is 56.3 Å². The van der Waals surface area contributed by atoms with Gasteiger partial charge in [-0.2, -0.15) is 0 Å². The number of aromatic nitrogens is 3. The van der Waals surface area contributed by atoms with Crippen molar-refractivity contribution in [1.82, 2.24) is 20.1 Å². The van der Waals surface area contributed by atoms with Gasteiger partial charge in [-0.25, -0.2) is 0 Å². The number of nitrogens with zero attached hydrogens (tertiary/aromatic N) is 3. The van der Waals surface area contributed by atoms with Crippen molar-refractivity contribution in [3.63, 3.8) is 0 Å². The lowest BCUT2D eigenvalue weighted by Crippen LogP contribution is -2.23. The molecule has 1 atom stereocenters. The SMILES string of the molecule is CCCc1ccc(C(CSc2nncn2C)NCC)cc1. The third-order valence-corrected chi connectivity index (χ3v) is 4.55. The highest BCUT2D eigenvalue weighted by Gasteiger charge is 2.12. The maximum atomic E-state index is 4.13. The van der Waals surface area contributed by atoms with E-state index in [1.807, 2.05) is 11.6 Å². The third kappa shape index (κ3) is 4.58. The minimum absolute atomic E-state index is 0.340. The van der Waals surface area contributed by atoms with E-state index < -0.39 is 0 Å². The molecule has 2 rings (SSSR count). The van der Waals surface area contributed by atoms with Gasteiger partial charge in [0.1, 0.15) is 6.33 Å². The van der Waals surface area contributed by atoms with Crippen LogP contribution in [0.1, 0.15) is 37.4 Å². The molecule has 114 valence electrons. The van der Waals surface area contributed by atoms with Gasteiger partial charge in [0.2, 0.25) is 0 Å². The highest BCUT2D eigenvalue weighted by atomic mass is 32.2. The Morgan fingerprint density at radius 3 is 2.57 bits per heavy atom. The molecule has 0 radical (unpaired) electrons. The number of aryl methyl sites for hydroxylation is 2. The van der Waals surface area contributed by atoms with Crippen LogP contribution in [0.25, 0.3) is 0 Å². The number of rotatable bonds is 8. The molecule has 2 aromatic rings. The van der Waals surface area contributed by atoms with Crippen molar-refractivity contribution in [2.75, 3.05) is 12.3 Å². The van der Waals surface area contributed by atoms with Crippen LogP contribution in [-0.4, -0.2) is 27.1 Å². The zero-order chi connectivity index (χ0) is 15.1. The minimum Gasteiger partial charge on any atom is -0.312 e. The molecule has 4 nitrogen and oxygen atoms in total. The summed E-state index contributed by atoms with van der Waals surface area (Å²) in [6.45, 7) is 5.32. The average molecular weight is 304 g/mol. The van der Waals surface area contributed by atoms with Crippen LogP contribution in [0.5, 0.6) is 0 Å². The van der Waals surface area contributed by atoms with Gasteiger partial charge in [0, 0.05) is 18.8 Å². The van der Waals surface area contributed by atoms with Crippen LogP contribution in [0.15, 0.2) is 35.7 Å². The summed E-state index contributed by atoms with van der Waals surface area (Å²) in [7, 11) is 1.98. The van der Waals surface area contributed by atoms with Crippen molar-refractivity contribution >= 4 is 11.8 Å². The first-order chi connectivity index (χ1) is 10.2. The largest absolute Gasteiger partial charge is 0.312 e. The van der Waals surface area contributed by atoms with Gasteiger partial charge >= 0.3 is 0 Å². The fourth-order valence-corrected chi connectivity index (χ4v) is 3.27. The van der Waals surface area contributed by atoms with Gasteiger partial charge in [-0.15, -0.1) is 10.2 Å². The fourth-order valence-electron chi connectivity index (χ4n) is 2.29. The quantitative estimate of drug-likeness (QED) is 0.761. The molecule has 0 amide bonds. The molecule has 5 heteroatoms. The molecule has 1 heterocycles. The van der Waals surface area contributed by atoms with Crippen molar-refractivity contribution in [1.29, 1.82) is 0 Å². The van der Waals surface area contributed by atoms with Crippen LogP contribution in [0, 0.1) is 0 Å². The Morgan fingerprint density at radius 2 is 2.00 bits per heavy atom. The maximum Gasteiger partial charge on any atom is 0.190 e. The van der Waals surface area contributed by atoms with E-state index in [1.165, 1.54) is 17.5 Å². The number of hydrogen-bond acceptors (Lipinski definition) is 4. The molecule has 0 aliphatic heterocycles. The van der Waals surface area contributed by atoms with Gasteiger partial charge in [0.25, 0.3) is 0 Å². The van der Waals surface area contributed by atoms with Crippen molar-refractivity contribution < 1.29 is 0 Å². The van der Waals surface area contributed by atoms with E-state index in [2.05, 4.69) is 53.6 Å². The number of hydrogen-bond donors (Lipinski definition) is 1. The summed E-state index contributed by atoms with van der Waals surface area (Å²) in [5.41, 5.74) is 2.75. The van der Waals surface area contributed by atoms with E-state index >= 15 is 0 Å². The lowest BCUT2D eigenvalue weighted by molar-refractivity contribution is 0.604. The number of benzene rings is 1. The van der Waals surface area contributed by atoms with Gasteiger partial charge in [0.05, 0.1) is 0 Å². The fraction of sp³-hybridized carbons (Fsp3) is 0.500. The zero-order valence-corrected chi connectivity index (χ0v) is 13.9. The van der Waals surface area contributed by atoms with E-state index in [-0.39, 0.29) is 0 Å². The Bertz CT molecular complexity index is 535. The average Bonchev–Trinajstić information content (AvgIpc) is 2.90. The van der Waals surface area contributed by atoms with E-state index in [9.17, 15) is 0 Å². The molecule has 0 saturated heterocycles. The Morgan fingerprint density at radius 1 is 1.24 bits per heavy atom. The molecule has 1 unspecified atom stereocenters. The molecule has 0 spiro atoms. The van der Waals surface area contributed by atoms with Gasteiger partial charge in [-0.3, -0.25) is 0 Å². The van der Waals surface area contributed by atoms with Crippen LogP contribution >= 0.6 is 11.8 Å². The molecule has 0 aliphatic rings. The number of thioether (sulfide) groups is 1. The Hall–Kier alpha value is -1.33. The minimum atomic E-state index is 0.340. The van der Waals surface area contributed by atoms with Crippen molar-refractivity contribution in [2.24, 2.45) is 7.05 Å². The van der Waals surface area contributed by atoms with Crippen LogP contribution in [0.4, 0.5) is 0 Å². The summed E-state index contributed by atoms with van der Waals surface area (Å²) in [6.07, 6.45) is 4.09. The third-order valence-electron chi connectivity index (χ3n) is 3.42. The zero-order valence-electron chi connectivity index (χ0n) is 13.0. The van der Waals surface area contributed by atoms with E-state index in [0.29, 0.717) is 6.04 Å². The lowest BCUT2D eigenvalue weighted by Gasteiger charge is -2.18.